The average molecular weight is 420 g/mol. The summed E-state index contributed by atoms with van der Waals surface area (Å²) in [6.45, 7) is 3.88. The number of rotatable bonds is 6. The molecule has 8 nitrogen and oxygen atoms in total. The third-order valence-electron chi connectivity index (χ3n) is 3.51. The fourth-order valence-electron chi connectivity index (χ4n) is 2.41. The van der Waals surface area contributed by atoms with Crippen molar-refractivity contribution in [3.8, 4) is 0 Å². The van der Waals surface area contributed by atoms with Crippen molar-refractivity contribution in [2.45, 2.75) is 32.6 Å². The molecule has 1 heterocycles. The maximum absolute atomic E-state index is 11.6. The van der Waals surface area contributed by atoms with Crippen LogP contribution in [-0.4, -0.2) is 25.5 Å². The van der Waals surface area contributed by atoms with Crippen molar-refractivity contribution in [3.05, 3.63) is 42.9 Å². The van der Waals surface area contributed by atoms with Crippen LogP contribution in [0.5, 0.6) is 0 Å². The monoisotopic (exact) mass is 419 g/mol. The van der Waals surface area contributed by atoms with Gasteiger partial charge >= 0.3 is 18.7 Å². The van der Waals surface area contributed by atoms with Gasteiger partial charge in [-0.1, -0.05) is 29.8 Å². The van der Waals surface area contributed by atoms with E-state index in [4.69, 9.17) is 0 Å². The van der Waals surface area contributed by atoms with Crippen LogP contribution < -0.4 is 16.4 Å². The van der Waals surface area contributed by atoms with E-state index in [1.54, 1.807) is 12.1 Å². The largest absolute Gasteiger partial charge is 0.342 e. The molecule has 0 spiro atoms. The Hall–Kier alpha value is -1.25. The smallest absolute Gasteiger partial charge is 0.323 e. The number of fused-ring (bicyclic) bond motifs is 1. The van der Waals surface area contributed by atoms with Gasteiger partial charge < -0.3 is 19.8 Å². The lowest BCUT2D eigenvalue weighted by molar-refractivity contribution is 0.331. The molecular weight excluding hydrogens is 401 g/mol. The number of halogens is 1. The topological polar surface area (TPSA) is 135 Å². The predicted molar refractivity (Wildman–Crippen MR) is 95.0 cm³/mol. The van der Waals surface area contributed by atoms with E-state index in [2.05, 4.69) is 31.2 Å². The number of aromatic amines is 2. The molecule has 132 valence electrons. The van der Waals surface area contributed by atoms with Gasteiger partial charge in [0, 0.05) is 11.0 Å². The molecule has 24 heavy (non-hydrogen) atoms. The van der Waals surface area contributed by atoms with E-state index in [0.29, 0.717) is 27.5 Å². The normalized spacial score (nSPS) is 13.6. The van der Waals surface area contributed by atoms with Gasteiger partial charge in [-0.2, -0.15) is 0 Å². The van der Waals surface area contributed by atoms with Crippen LogP contribution in [0, 0.1) is 5.92 Å². The highest BCUT2D eigenvalue weighted by atomic mass is 79.9. The Morgan fingerprint density at radius 2 is 1.83 bits per heavy atom. The molecule has 0 bridgehead atoms. The van der Waals surface area contributed by atoms with Crippen LogP contribution in [0.15, 0.2) is 26.2 Å². The highest BCUT2D eigenvalue weighted by Gasteiger charge is 2.29. The zero-order valence-corrected chi connectivity index (χ0v) is 15.6. The van der Waals surface area contributed by atoms with Gasteiger partial charge in [0.1, 0.15) is 5.78 Å². The number of hydrogen-bond acceptors (Lipinski definition) is 4. The molecule has 2 aromatic rings. The molecule has 0 radical (unpaired) electrons. The second kappa shape index (κ2) is 7.33. The van der Waals surface area contributed by atoms with Crippen LogP contribution in [0.25, 0.3) is 11.0 Å². The van der Waals surface area contributed by atoms with Gasteiger partial charge in [-0.15, -0.1) is 0 Å². The Morgan fingerprint density at radius 3 is 2.42 bits per heavy atom. The molecule has 1 atom stereocenters. The standard InChI is InChI=1S/C14H19BrN3O5P/c1-7(2)3-11(24(21,22)23)16-6-8-4-9(15)5-10-12(8)18-14(20)13(19)17-10/h4-5,7,11,16H,3,6H2,1-2H3,(H,17,19)(H,18,20)(H2,21,22,23). The Bertz CT molecular complexity index is 901. The van der Waals surface area contributed by atoms with Gasteiger partial charge in [-0.3, -0.25) is 19.5 Å². The molecule has 1 aromatic heterocycles. The first-order valence-electron chi connectivity index (χ1n) is 7.31. The van der Waals surface area contributed by atoms with E-state index >= 15 is 0 Å². The first-order chi connectivity index (χ1) is 11.1. The molecule has 0 amide bonds. The van der Waals surface area contributed by atoms with E-state index < -0.39 is 24.5 Å². The molecule has 5 N–H and O–H groups in total. The third kappa shape index (κ3) is 4.64. The SMILES string of the molecule is CC(C)CC(NCc1cc(Br)cc2[nH]c(=O)c(=O)[nH]c12)P(=O)(O)O. The van der Waals surface area contributed by atoms with Gasteiger partial charge in [-0.05, 0) is 30.0 Å². The minimum atomic E-state index is -4.31. The van der Waals surface area contributed by atoms with E-state index in [1.807, 2.05) is 13.8 Å². The van der Waals surface area contributed by atoms with Gasteiger partial charge in [0.2, 0.25) is 0 Å². The second-order valence-electron chi connectivity index (χ2n) is 6.01. The Balaban J connectivity index is 2.38. The second-order valence-corrected chi connectivity index (χ2v) is 8.73. The molecule has 0 saturated heterocycles. The molecule has 2 rings (SSSR count). The number of nitrogens with one attached hydrogen (secondary N) is 3. The zero-order chi connectivity index (χ0) is 18.1. The summed E-state index contributed by atoms with van der Waals surface area (Å²) >= 11 is 3.32. The number of hydrogen-bond donors (Lipinski definition) is 5. The van der Waals surface area contributed by atoms with Crippen LogP contribution in [0.1, 0.15) is 25.8 Å². The summed E-state index contributed by atoms with van der Waals surface area (Å²) < 4.78 is 12.3. The van der Waals surface area contributed by atoms with E-state index in [1.165, 1.54) is 0 Å². The van der Waals surface area contributed by atoms with Crippen LogP contribution in [0.4, 0.5) is 0 Å². The molecule has 1 unspecified atom stereocenters. The number of benzene rings is 1. The summed E-state index contributed by atoms with van der Waals surface area (Å²) in [6, 6.07) is 3.36. The summed E-state index contributed by atoms with van der Waals surface area (Å²) in [5.74, 6) is -0.883. The van der Waals surface area contributed by atoms with Gasteiger partial charge in [0.05, 0.1) is 11.0 Å². The lowest BCUT2D eigenvalue weighted by Gasteiger charge is -2.22. The average Bonchev–Trinajstić information content (AvgIpc) is 2.43. The fraction of sp³-hybridized carbons (Fsp3) is 0.429. The maximum Gasteiger partial charge on any atom is 0.342 e. The van der Waals surface area contributed by atoms with Crippen molar-refractivity contribution < 1.29 is 14.4 Å². The van der Waals surface area contributed by atoms with Crippen LogP contribution in [0.3, 0.4) is 0 Å². The summed E-state index contributed by atoms with van der Waals surface area (Å²) in [5.41, 5.74) is -0.0752. The highest BCUT2D eigenvalue weighted by molar-refractivity contribution is 9.10. The molecule has 1 aromatic carbocycles. The number of H-pyrrole nitrogens is 2. The molecule has 0 aliphatic carbocycles. The Kier molecular flexibility index (Phi) is 5.83. The molecule has 0 fully saturated rings. The first-order valence-corrected chi connectivity index (χ1v) is 9.78. The maximum atomic E-state index is 11.6. The van der Waals surface area contributed by atoms with Gasteiger partial charge in [0.15, 0.2) is 0 Å². The quantitative estimate of drug-likeness (QED) is 0.356. The van der Waals surface area contributed by atoms with Crippen molar-refractivity contribution >= 4 is 34.6 Å². The molecule has 10 heteroatoms. The number of aromatic nitrogens is 2. The van der Waals surface area contributed by atoms with Crippen molar-refractivity contribution in [1.29, 1.82) is 0 Å². The molecule has 0 aliphatic heterocycles. The van der Waals surface area contributed by atoms with Gasteiger partial charge in [0.25, 0.3) is 0 Å². The summed E-state index contributed by atoms with van der Waals surface area (Å²) in [6.07, 6.45) is 0.309. The van der Waals surface area contributed by atoms with Crippen LogP contribution in [0.2, 0.25) is 0 Å². The van der Waals surface area contributed by atoms with E-state index in [-0.39, 0.29) is 12.5 Å². The van der Waals surface area contributed by atoms with Crippen molar-refractivity contribution in [2.24, 2.45) is 5.92 Å². The minimum Gasteiger partial charge on any atom is -0.323 e. The Morgan fingerprint density at radius 1 is 1.21 bits per heavy atom. The Labute approximate surface area is 146 Å². The van der Waals surface area contributed by atoms with Crippen LogP contribution in [-0.2, 0) is 11.1 Å². The lowest BCUT2D eigenvalue weighted by atomic mass is 10.1. The zero-order valence-electron chi connectivity index (χ0n) is 13.2. The molecule has 0 saturated carbocycles. The summed E-state index contributed by atoms with van der Waals surface area (Å²) in [5, 5.41) is 2.86. The van der Waals surface area contributed by atoms with Crippen LogP contribution >= 0.6 is 23.5 Å². The van der Waals surface area contributed by atoms with Gasteiger partial charge in [-0.25, -0.2) is 0 Å². The fourth-order valence-corrected chi connectivity index (χ4v) is 3.94. The predicted octanol–water partition coefficient (Wildman–Crippen LogP) is 1.62. The lowest BCUT2D eigenvalue weighted by Crippen LogP contribution is -2.31. The minimum absolute atomic E-state index is 0.102. The van der Waals surface area contributed by atoms with E-state index in [0.717, 1.165) is 0 Å². The van der Waals surface area contributed by atoms with Crippen molar-refractivity contribution in [1.82, 2.24) is 15.3 Å². The highest BCUT2D eigenvalue weighted by Crippen LogP contribution is 2.42. The first kappa shape index (κ1) is 19.1. The third-order valence-corrected chi connectivity index (χ3v) is 5.17. The van der Waals surface area contributed by atoms with Crippen molar-refractivity contribution in [3.63, 3.8) is 0 Å². The van der Waals surface area contributed by atoms with E-state index in [9.17, 15) is 23.9 Å². The summed E-state index contributed by atoms with van der Waals surface area (Å²) in [7, 11) is -4.31. The molecule has 0 aliphatic rings. The van der Waals surface area contributed by atoms with Crippen molar-refractivity contribution in [2.75, 3.05) is 0 Å². The summed E-state index contributed by atoms with van der Waals surface area (Å²) in [4.78, 5) is 47.0. The molecular formula is C14H19BrN3O5P.